The van der Waals surface area contributed by atoms with Gasteiger partial charge in [-0.15, -0.1) is 21.5 Å². The van der Waals surface area contributed by atoms with Gasteiger partial charge in [0, 0.05) is 10.7 Å². The zero-order chi connectivity index (χ0) is 14.2. The Kier molecular flexibility index (Phi) is 3.59. The minimum atomic E-state index is -3.55. The molecule has 0 aliphatic carbocycles. The van der Waals surface area contributed by atoms with E-state index in [1.165, 1.54) is 0 Å². The van der Waals surface area contributed by atoms with Crippen molar-refractivity contribution >= 4 is 42.9 Å². The molecular weight excluding hydrogens is 364 g/mol. The fourth-order valence-electron chi connectivity index (χ4n) is 1.71. The lowest BCUT2D eigenvalue weighted by Gasteiger charge is -2.04. The maximum absolute atomic E-state index is 12.2. The van der Waals surface area contributed by atoms with Crippen molar-refractivity contribution in [3.8, 4) is 0 Å². The first-order valence-electron chi connectivity index (χ1n) is 5.59. The maximum atomic E-state index is 12.2. The Morgan fingerprint density at radius 3 is 2.90 bits per heavy atom. The third-order valence-electron chi connectivity index (χ3n) is 2.63. The number of nitrogens with zero attached hydrogens (tertiary/aromatic N) is 3. The molecular formula is C11H9BrN4O2S2. The topological polar surface area (TPSA) is 76.4 Å². The Hall–Kier alpha value is -1.29. The second kappa shape index (κ2) is 5.24. The first-order valence-corrected chi connectivity index (χ1v) is 8.75. The molecule has 104 valence electrons. The van der Waals surface area contributed by atoms with E-state index in [9.17, 15) is 8.42 Å². The molecule has 0 spiro atoms. The van der Waals surface area contributed by atoms with Crippen LogP contribution in [0.1, 0.15) is 5.82 Å². The summed E-state index contributed by atoms with van der Waals surface area (Å²) in [5.41, 5.74) is 0.680. The molecule has 0 aromatic carbocycles. The Bertz CT molecular complexity index is 856. The average molecular weight is 373 g/mol. The van der Waals surface area contributed by atoms with Crippen molar-refractivity contribution in [2.24, 2.45) is 0 Å². The van der Waals surface area contributed by atoms with Crippen LogP contribution in [0.25, 0.3) is 5.65 Å². The summed E-state index contributed by atoms with van der Waals surface area (Å²) in [7, 11) is -3.55. The van der Waals surface area contributed by atoms with Crippen LogP contribution in [-0.4, -0.2) is 23.0 Å². The van der Waals surface area contributed by atoms with E-state index < -0.39 is 10.0 Å². The summed E-state index contributed by atoms with van der Waals surface area (Å²) in [6, 6.07) is 7.19. The molecule has 0 fully saturated rings. The van der Waals surface area contributed by atoms with Crippen LogP contribution < -0.4 is 4.72 Å². The van der Waals surface area contributed by atoms with Gasteiger partial charge in [0.2, 0.25) is 0 Å². The van der Waals surface area contributed by atoms with Crippen molar-refractivity contribution in [2.45, 2.75) is 10.8 Å². The fraction of sp³-hybridized carbons (Fsp3) is 0.0909. The van der Waals surface area contributed by atoms with Gasteiger partial charge in [-0.1, -0.05) is 6.07 Å². The molecule has 0 amide bonds. The molecule has 0 aliphatic heterocycles. The largest absolute Gasteiger partial charge is 0.285 e. The first kappa shape index (κ1) is 13.7. The Morgan fingerprint density at radius 2 is 2.15 bits per heavy atom. The Labute approximate surface area is 127 Å². The van der Waals surface area contributed by atoms with Gasteiger partial charge in [0.15, 0.2) is 11.5 Å². The summed E-state index contributed by atoms with van der Waals surface area (Å²) >= 11 is 4.38. The minimum absolute atomic E-state index is 0.0812. The molecule has 0 saturated heterocycles. The van der Waals surface area contributed by atoms with E-state index in [1.54, 1.807) is 28.1 Å². The van der Waals surface area contributed by atoms with Gasteiger partial charge in [0.1, 0.15) is 4.21 Å². The first-order chi connectivity index (χ1) is 9.58. The normalized spacial score (nSPS) is 12.1. The molecule has 0 bridgehead atoms. The predicted octanol–water partition coefficient (Wildman–Crippen LogP) is 2.03. The monoisotopic (exact) mass is 372 g/mol. The van der Waals surface area contributed by atoms with Crippen LogP contribution in [0.2, 0.25) is 0 Å². The number of fused-ring (bicyclic) bond motifs is 1. The lowest BCUT2D eigenvalue weighted by molar-refractivity contribution is 0.580. The van der Waals surface area contributed by atoms with Gasteiger partial charge in [0.25, 0.3) is 10.0 Å². The van der Waals surface area contributed by atoms with Gasteiger partial charge in [-0.2, -0.15) is 0 Å². The molecule has 0 radical (unpaired) electrons. The van der Waals surface area contributed by atoms with E-state index in [4.69, 9.17) is 0 Å². The van der Waals surface area contributed by atoms with Crippen LogP contribution in [-0.2, 0) is 16.6 Å². The number of nitrogens with one attached hydrogen (secondary N) is 1. The van der Waals surface area contributed by atoms with Crippen molar-refractivity contribution < 1.29 is 8.42 Å². The third-order valence-corrected chi connectivity index (χ3v) is 6.70. The van der Waals surface area contributed by atoms with Crippen LogP contribution >= 0.6 is 27.3 Å². The number of pyridine rings is 1. The minimum Gasteiger partial charge on any atom is -0.285 e. The molecule has 6 nitrogen and oxygen atoms in total. The molecule has 9 heteroatoms. The third kappa shape index (κ3) is 2.49. The Balaban J connectivity index is 1.85. The number of aromatic nitrogens is 3. The molecule has 3 aromatic heterocycles. The summed E-state index contributed by atoms with van der Waals surface area (Å²) in [6.45, 7) is 0.0812. The molecule has 3 heterocycles. The second-order valence-electron chi connectivity index (χ2n) is 3.93. The van der Waals surface area contributed by atoms with Crippen molar-refractivity contribution in [1.29, 1.82) is 0 Å². The van der Waals surface area contributed by atoms with Crippen LogP contribution in [0, 0.1) is 0 Å². The van der Waals surface area contributed by atoms with Crippen LogP contribution in [0.3, 0.4) is 0 Å². The van der Waals surface area contributed by atoms with Crippen molar-refractivity contribution in [2.75, 3.05) is 0 Å². The zero-order valence-electron chi connectivity index (χ0n) is 10.0. The smallest absolute Gasteiger partial charge is 0.251 e. The number of rotatable bonds is 4. The molecule has 3 rings (SSSR count). The van der Waals surface area contributed by atoms with Crippen LogP contribution in [0.15, 0.2) is 44.5 Å². The van der Waals surface area contributed by atoms with Gasteiger partial charge >= 0.3 is 0 Å². The van der Waals surface area contributed by atoms with Crippen molar-refractivity contribution in [1.82, 2.24) is 19.3 Å². The molecule has 0 aliphatic rings. The van der Waals surface area contributed by atoms with Gasteiger partial charge in [0.05, 0.1) is 6.54 Å². The Morgan fingerprint density at radius 1 is 1.30 bits per heavy atom. The van der Waals surface area contributed by atoms with E-state index in [-0.39, 0.29) is 10.8 Å². The summed E-state index contributed by atoms with van der Waals surface area (Å²) in [5.74, 6) is 0.539. The summed E-state index contributed by atoms with van der Waals surface area (Å²) < 4.78 is 29.4. The summed E-state index contributed by atoms with van der Waals surface area (Å²) in [4.78, 5) is 0. The van der Waals surface area contributed by atoms with E-state index >= 15 is 0 Å². The fourth-order valence-corrected chi connectivity index (χ4v) is 5.07. The number of thiophene rings is 1. The standard InChI is InChI=1S/C11H9BrN4O2S2/c12-8-4-6-19-11(8)20(17,18)13-7-10-15-14-9-3-1-2-5-16(9)10/h1-6,13H,7H2. The quantitative estimate of drug-likeness (QED) is 0.759. The second-order valence-corrected chi connectivity index (χ2v) is 7.66. The van der Waals surface area contributed by atoms with Gasteiger partial charge < -0.3 is 0 Å². The zero-order valence-corrected chi connectivity index (χ0v) is 13.2. The number of halogens is 1. The van der Waals surface area contributed by atoms with Gasteiger partial charge in [-0.25, -0.2) is 13.1 Å². The number of hydrogen-bond acceptors (Lipinski definition) is 5. The highest BCUT2D eigenvalue weighted by atomic mass is 79.9. The summed E-state index contributed by atoms with van der Waals surface area (Å²) in [5, 5.41) is 9.66. The molecule has 1 N–H and O–H groups in total. The average Bonchev–Trinajstić information content (AvgIpc) is 3.03. The maximum Gasteiger partial charge on any atom is 0.251 e. The highest BCUT2D eigenvalue weighted by molar-refractivity contribution is 9.10. The van der Waals surface area contributed by atoms with E-state index in [0.717, 1.165) is 11.3 Å². The predicted molar refractivity (Wildman–Crippen MR) is 79.0 cm³/mol. The van der Waals surface area contributed by atoms with Crippen LogP contribution in [0.4, 0.5) is 0 Å². The number of sulfonamides is 1. The molecule has 0 atom stereocenters. The lowest BCUT2D eigenvalue weighted by Crippen LogP contribution is -2.23. The van der Waals surface area contributed by atoms with E-state index in [2.05, 4.69) is 30.8 Å². The highest BCUT2D eigenvalue weighted by Gasteiger charge is 2.19. The molecule has 20 heavy (non-hydrogen) atoms. The van der Waals surface area contributed by atoms with E-state index in [0.29, 0.717) is 15.9 Å². The molecule has 3 aromatic rings. The number of hydrogen-bond donors (Lipinski definition) is 1. The highest BCUT2D eigenvalue weighted by Crippen LogP contribution is 2.27. The van der Waals surface area contributed by atoms with Gasteiger partial charge in [-0.3, -0.25) is 4.40 Å². The lowest BCUT2D eigenvalue weighted by atomic mass is 10.5. The molecule has 0 saturated carbocycles. The van der Waals surface area contributed by atoms with Crippen LogP contribution in [0.5, 0.6) is 0 Å². The van der Waals surface area contributed by atoms with Gasteiger partial charge in [-0.05, 0) is 39.5 Å². The van der Waals surface area contributed by atoms with Crippen molar-refractivity contribution in [3.63, 3.8) is 0 Å². The van der Waals surface area contributed by atoms with Crippen molar-refractivity contribution in [3.05, 3.63) is 46.1 Å². The molecule has 0 unspecified atom stereocenters. The summed E-state index contributed by atoms with van der Waals surface area (Å²) in [6.07, 6.45) is 1.79. The van der Waals surface area contributed by atoms with E-state index in [1.807, 2.05) is 12.1 Å². The SMILES string of the molecule is O=S(=O)(NCc1nnc2ccccn12)c1sccc1Br.